The predicted molar refractivity (Wildman–Crippen MR) is 103 cm³/mol. The minimum atomic E-state index is 0. The number of hydrogen-bond acceptors (Lipinski definition) is 4. The first-order chi connectivity index (χ1) is 10.2. The van der Waals surface area contributed by atoms with Gasteiger partial charge in [0.1, 0.15) is 6.10 Å². The molecular weight excluding hydrogens is 413 g/mol. The van der Waals surface area contributed by atoms with Crippen LogP contribution in [0.3, 0.4) is 0 Å². The molecule has 0 aromatic carbocycles. The van der Waals surface area contributed by atoms with E-state index in [-0.39, 0.29) is 30.1 Å². The van der Waals surface area contributed by atoms with Crippen LogP contribution in [0.15, 0.2) is 17.4 Å². The van der Waals surface area contributed by atoms with Crippen molar-refractivity contribution in [3.63, 3.8) is 0 Å². The van der Waals surface area contributed by atoms with Gasteiger partial charge in [-0.3, -0.25) is 9.67 Å². The van der Waals surface area contributed by atoms with E-state index in [9.17, 15) is 0 Å². The van der Waals surface area contributed by atoms with Gasteiger partial charge in [0.05, 0.1) is 25.9 Å². The Morgan fingerprint density at radius 3 is 3.05 bits per heavy atom. The highest BCUT2D eigenvalue weighted by Crippen LogP contribution is 2.21. The van der Waals surface area contributed by atoms with E-state index in [1.807, 2.05) is 35.9 Å². The molecule has 1 saturated heterocycles. The maximum Gasteiger partial charge on any atom is 0.194 e. The van der Waals surface area contributed by atoms with Gasteiger partial charge in [0, 0.05) is 37.7 Å². The molecule has 1 fully saturated rings. The molecule has 6 nitrogen and oxygen atoms in total. The van der Waals surface area contributed by atoms with Gasteiger partial charge in [0.15, 0.2) is 5.96 Å². The summed E-state index contributed by atoms with van der Waals surface area (Å²) in [6.45, 7) is 6.24. The number of aliphatic imine (C=N–C) groups is 1. The van der Waals surface area contributed by atoms with Crippen LogP contribution in [0.5, 0.6) is 0 Å². The van der Waals surface area contributed by atoms with Crippen LogP contribution in [-0.2, 0) is 11.8 Å². The zero-order chi connectivity index (χ0) is 15.1. The number of ether oxygens (including phenoxy) is 1. The van der Waals surface area contributed by atoms with E-state index in [1.165, 1.54) is 0 Å². The number of thioether (sulfide) groups is 1. The van der Waals surface area contributed by atoms with Crippen LogP contribution in [0.1, 0.15) is 18.6 Å². The Bertz CT molecular complexity index is 468. The molecule has 0 aliphatic carbocycles. The predicted octanol–water partition coefficient (Wildman–Crippen LogP) is 1.74. The van der Waals surface area contributed by atoms with Gasteiger partial charge in [-0.25, -0.2) is 0 Å². The van der Waals surface area contributed by atoms with Crippen molar-refractivity contribution >= 4 is 41.7 Å². The molecule has 0 saturated carbocycles. The van der Waals surface area contributed by atoms with E-state index < -0.39 is 0 Å². The largest absolute Gasteiger partial charge is 0.370 e. The van der Waals surface area contributed by atoms with E-state index in [4.69, 9.17) is 9.73 Å². The maximum absolute atomic E-state index is 5.88. The summed E-state index contributed by atoms with van der Waals surface area (Å²) >= 11 is 1.82. The van der Waals surface area contributed by atoms with Crippen molar-refractivity contribution in [2.24, 2.45) is 12.0 Å². The van der Waals surface area contributed by atoms with E-state index in [0.29, 0.717) is 6.61 Å². The summed E-state index contributed by atoms with van der Waals surface area (Å²) in [4.78, 5) is 6.98. The molecule has 2 heterocycles. The van der Waals surface area contributed by atoms with Crippen LogP contribution in [0.2, 0.25) is 0 Å². The fourth-order valence-electron chi connectivity index (χ4n) is 2.32. The average Bonchev–Trinajstić information content (AvgIpc) is 2.93. The molecule has 1 atom stereocenters. The molecule has 126 valence electrons. The summed E-state index contributed by atoms with van der Waals surface area (Å²) in [5.74, 6) is 2.04. The monoisotopic (exact) mass is 439 g/mol. The molecule has 8 heteroatoms. The first kappa shape index (κ1) is 19.6. The van der Waals surface area contributed by atoms with Gasteiger partial charge in [0.25, 0.3) is 0 Å². The summed E-state index contributed by atoms with van der Waals surface area (Å²) in [6, 6.07) is 0. The summed E-state index contributed by atoms with van der Waals surface area (Å²) in [7, 11) is 1.93. The standard InChI is InChI=1S/C14H25N5OS.HI/c1-4-15-14(16-5-8-21-3)19-6-7-20-13(11-19)12-9-17-18(2)10-12;/h9-10,13H,4-8,11H2,1-3H3,(H,15,16);1H. The number of rotatable bonds is 5. The SMILES string of the molecule is CCNC(=NCCSC)N1CCOC(c2cnn(C)c2)C1.I. The van der Waals surface area contributed by atoms with Crippen molar-refractivity contribution in [2.45, 2.75) is 13.0 Å². The maximum atomic E-state index is 5.88. The molecule has 0 amide bonds. The summed E-state index contributed by atoms with van der Waals surface area (Å²) in [5, 5.41) is 7.61. The number of nitrogens with zero attached hydrogens (tertiary/aromatic N) is 4. The normalized spacial score (nSPS) is 19.0. The van der Waals surface area contributed by atoms with Crippen LogP contribution < -0.4 is 5.32 Å². The van der Waals surface area contributed by atoms with E-state index in [0.717, 1.165) is 43.5 Å². The first-order valence-corrected chi connectivity index (χ1v) is 8.76. The minimum Gasteiger partial charge on any atom is -0.370 e. The number of halogens is 1. The Labute approximate surface area is 154 Å². The number of guanidine groups is 1. The zero-order valence-electron chi connectivity index (χ0n) is 13.5. The molecule has 1 aromatic rings. The lowest BCUT2D eigenvalue weighted by molar-refractivity contribution is -0.00802. The lowest BCUT2D eigenvalue weighted by Gasteiger charge is -2.34. The van der Waals surface area contributed by atoms with Gasteiger partial charge in [-0.2, -0.15) is 16.9 Å². The fraction of sp³-hybridized carbons (Fsp3) is 0.714. The molecular formula is C14H26IN5OS. The third-order valence-electron chi connectivity index (χ3n) is 3.35. The number of aryl methyl sites for hydroxylation is 1. The molecule has 1 aliphatic heterocycles. The quantitative estimate of drug-likeness (QED) is 0.328. The van der Waals surface area contributed by atoms with Crippen molar-refractivity contribution in [3.8, 4) is 0 Å². The van der Waals surface area contributed by atoms with Crippen molar-refractivity contribution in [1.82, 2.24) is 20.0 Å². The average molecular weight is 439 g/mol. The van der Waals surface area contributed by atoms with Crippen LogP contribution in [0.25, 0.3) is 0 Å². The summed E-state index contributed by atoms with van der Waals surface area (Å²) < 4.78 is 7.69. The molecule has 1 unspecified atom stereocenters. The number of aromatic nitrogens is 2. The third kappa shape index (κ3) is 5.62. The zero-order valence-corrected chi connectivity index (χ0v) is 16.6. The Morgan fingerprint density at radius 1 is 1.59 bits per heavy atom. The lowest BCUT2D eigenvalue weighted by Crippen LogP contribution is -2.48. The Kier molecular flexibility index (Phi) is 9.18. The van der Waals surface area contributed by atoms with E-state index >= 15 is 0 Å². The van der Waals surface area contributed by atoms with E-state index in [1.54, 1.807) is 0 Å². The number of morpholine rings is 1. The van der Waals surface area contributed by atoms with Gasteiger partial charge in [-0.05, 0) is 13.2 Å². The second-order valence-corrected chi connectivity index (χ2v) is 5.97. The topological polar surface area (TPSA) is 54.7 Å². The highest BCUT2D eigenvalue weighted by Gasteiger charge is 2.24. The van der Waals surface area contributed by atoms with Gasteiger partial charge >= 0.3 is 0 Å². The Hall–Kier alpha value is -0.480. The van der Waals surface area contributed by atoms with Gasteiger partial charge < -0.3 is 15.0 Å². The highest BCUT2D eigenvalue weighted by atomic mass is 127. The Balaban J connectivity index is 0.00000242. The third-order valence-corrected chi connectivity index (χ3v) is 3.95. The van der Waals surface area contributed by atoms with Crippen LogP contribution in [0, 0.1) is 0 Å². The van der Waals surface area contributed by atoms with Crippen molar-refractivity contribution in [3.05, 3.63) is 18.0 Å². The molecule has 0 bridgehead atoms. The lowest BCUT2D eigenvalue weighted by atomic mass is 10.1. The second-order valence-electron chi connectivity index (χ2n) is 4.98. The first-order valence-electron chi connectivity index (χ1n) is 7.37. The molecule has 0 radical (unpaired) electrons. The summed E-state index contributed by atoms with van der Waals surface area (Å²) in [6.07, 6.45) is 6.07. The second kappa shape index (κ2) is 10.3. The van der Waals surface area contributed by atoms with Gasteiger partial charge in [-0.15, -0.1) is 24.0 Å². The molecule has 1 aromatic heterocycles. The Morgan fingerprint density at radius 2 is 2.41 bits per heavy atom. The van der Waals surface area contributed by atoms with Crippen molar-refractivity contribution in [1.29, 1.82) is 0 Å². The number of hydrogen-bond donors (Lipinski definition) is 1. The minimum absolute atomic E-state index is 0. The summed E-state index contributed by atoms with van der Waals surface area (Å²) in [5.41, 5.74) is 1.13. The van der Waals surface area contributed by atoms with Crippen LogP contribution in [0.4, 0.5) is 0 Å². The molecule has 1 aliphatic rings. The number of nitrogens with one attached hydrogen (secondary N) is 1. The molecule has 2 rings (SSSR count). The molecule has 0 spiro atoms. The molecule has 22 heavy (non-hydrogen) atoms. The van der Waals surface area contributed by atoms with E-state index in [2.05, 4.69) is 28.5 Å². The molecule has 1 N–H and O–H groups in total. The highest BCUT2D eigenvalue weighted by molar-refractivity contribution is 14.0. The smallest absolute Gasteiger partial charge is 0.194 e. The van der Waals surface area contributed by atoms with Gasteiger partial charge in [0.2, 0.25) is 0 Å². The van der Waals surface area contributed by atoms with Crippen LogP contribution >= 0.6 is 35.7 Å². The fourth-order valence-corrected chi connectivity index (χ4v) is 2.59. The van der Waals surface area contributed by atoms with Crippen LogP contribution in [-0.4, -0.2) is 65.4 Å². The van der Waals surface area contributed by atoms with Crippen molar-refractivity contribution < 1.29 is 4.74 Å². The van der Waals surface area contributed by atoms with Crippen molar-refractivity contribution in [2.75, 3.05) is 44.8 Å². The van der Waals surface area contributed by atoms with Gasteiger partial charge in [-0.1, -0.05) is 0 Å².